The SMILES string of the molecule is CCCCOCCOCCOCCCNC(=O)CCCOc1cc(C)c(S(=O)(=O)NC(CNC(=O)c2ccc3c(cnn3CCCNc3ncc[nH]3)c2)C(=O)O)c(C)c1.CNC(=O)CC[C@@H](NC(=O)CN1CCN(CC(=O)O)CCN(CC(=O)O)CCN(CC(=O)O)CC1)C(=O)NC. The van der Waals surface area contributed by atoms with Crippen molar-refractivity contribution in [1.29, 1.82) is 0 Å². The molecular weight excluding hydrogens is 1300 g/mol. The molecule has 12 N–H and O–H groups in total. The van der Waals surface area contributed by atoms with Crippen LogP contribution in [0.15, 0.2) is 53.8 Å². The van der Waals surface area contributed by atoms with E-state index < -0.39 is 70.3 Å². The number of carbonyl (C=O) groups is 9. The number of likely N-dealkylation sites (N-methyl/N-ethyl adjacent to an activating group) is 1. The van der Waals surface area contributed by atoms with Crippen molar-refractivity contribution in [3.63, 3.8) is 0 Å². The van der Waals surface area contributed by atoms with Crippen LogP contribution < -0.4 is 41.4 Å². The van der Waals surface area contributed by atoms with Gasteiger partial charge in [-0.05, 0) is 87.4 Å². The Hall–Kier alpha value is -8.42. The first kappa shape index (κ1) is 82.0. The van der Waals surface area contributed by atoms with Gasteiger partial charge < -0.3 is 76.3 Å². The summed E-state index contributed by atoms with van der Waals surface area (Å²) in [6.45, 7) is 11.3. The van der Waals surface area contributed by atoms with Gasteiger partial charge in [-0.3, -0.25) is 67.4 Å². The highest BCUT2D eigenvalue weighted by atomic mass is 32.2. The van der Waals surface area contributed by atoms with Crippen molar-refractivity contribution in [2.24, 2.45) is 0 Å². The Morgan fingerprint density at radius 1 is 0.633 bits per heavy atom. The molecule has 1 aliphatic heterocycles. The molecule has 5 amide bonds. The molecule has 0 saturated carbocycles. The highest BCUT2D eigenvalue weighted by Gasteiger charge is 2.30. The molecule has 1 saturated heterocycles. The normalized spacial score (nSPS) is 14.3. The number of H-pyrrole nitrogens is 1. The van der Waals surface area contributed by atoms with E-state index in [9.17, 15) is 72.0 Å². The highest BCUT2D eigenvalue weighted by molar-refractivity contribution is 7.89. The number of aromatic amines is 1. The number of nitrogens with zero attached hydrogens (tertiary/aromatic N) is 7. The monoisotopic (exact) mass is 1400 g/mol. The minimum absolute atomic E-state index is 0.0335. The summed E-state index contributed by atoms with van der Waals surface area (Å²) in [6.07, 6.45) is 9.47. The summed E-state index contributed by atoms with van der Waals surface area (Å²) in [5.74, 6) is -5.38. The number of carboxylic acids is 4. The van der Waals surface area contributed by atoms with Gasteiger partial charge in [-0.1, -0.05) is 13.3 Å². The van der Waals surface area contributed by atoms with Crippen LogP contribution in [0.4, 0.5) is 5.95 Å². The number of benzene rings is 2. The Morgan fingerprint density at radius 2 is 1.20 bits per heavy atom. The average molecular weight is 1400 g/mol. The zero-order valence-corrected chi connectivity index (χ0v) is 57.5. The lowest BCUT2D eigenvalue weighted by molar-refractivity contribution is -0.140. The van der Waals surface area contributed by atoms with E-state index >= 15 is 0 Å². The van der Waals surface area contributed by atoms with Gasteiger partial charge in [0.2, 0.25) is 33.7 Å². The minimum atomic E-state index is -4.34. The van der Waals surface area contributed by atoms with Crippen LogP contribution in [0.1, 0.15) is 79.8 Å². The molecule has 5 rings (SSSR count). The Balaban J connectivity index is 0.000000455. The van der Waals surface area contributed by atoms with E-state index in [1.165, 1.54) is 14.1 Å². The second kappa shape index (κ2) is 45.2. The third-order valence-electron chi connectivity index (χ3n) is 15.2. The van der Waals surface area contributed by atoms with Crippen LogP contribution in [-0.4, -0.2) is 292 Å². The van der Waals surface area contributed by atoms with Crippen LogP contribution >= 0.6 is 0 Å². The zero-order chi connectivity index (χ0) is 71.8. The van der Waals surface area contributed by atoms with Crippen molar-refractivity contribution in [1.82, 2.24) is 70.7 Å². The van der Waals surface area contributed by atoms with E-state index in [1.54, 1.807) is 82.4 Å². The van der Waals surface area contributed by atoms with E-state index in [0.29, 0.717) is 88.3 Å². The molecule has 98 heavy (non-hydrogen) atoms. The molecule has 2 atom stereocenters. The van der Waals surface area contributed by atoms with Gasteiger partial charge in [0.15, 0.2) is 5.95 Å². The van der Waals surface area contributed by atoms with Crippen molar-refractivity contribution < 1.29 is 90.9 Å². The van der Waals surface area contributed by atoms with Crippen LogP contribution in [0.2, 0.25) is 0 Å². The van der Waals surface area contributed by atoms with Crippen LogP contribution in [-0.2, 0) is 69.1 Å². The van der Waals surface area contributed by atoms with Crippen molar-refractivity contribution in [3.8, 4) is 5.75 Å². The Bertz CT molecular complexity index is 3210. The van der Waals surface area contributed by atoms with Crippen molar-refractivity contribution >= 4 is 80.3 Å². The zero-order valence-electron chi connectivity index (χ0n) is 56.6. The molecule has 0 radical (unpaired) electrons. The molecule has 35 heteroatoms. The van der Waals surface area contributed by atoms with Crippen molar-refractivity contribution in [3.05, 3.63) is 65.6 Å². The van der Waals surface area contributed by atoms with Gasteiger partial charge in [0.05, 0.1) is 75.8 Å². The number of aliphatic carboxylic acids is 4. The van der Waals surface area contributed by atoms with Gasteiger partial charge in [0, 0.05) is 142 Å². The molecule has 3 heterocycles. The van der Waals surface area contributed by atoms with E-state index in [2.05, 4.69) is 58.6 Å². The predicted molar refractivity (Wildman–Crippen MR) is 359 cm³/mol. The van der Waals surface area contributed by atoms with Gasteiger partial charge in [-0.25, -0.2) is 13.4 Å². The van der Waals surface area contributed by atoms with E-state index in [-0.39, 0.29) is 127 Å². The molecule has 0 spiro atoms. The van der Waals surface area contributed by atoms with Gasteiger partial charge in [0.25, 0.3) is 5.91 Å². The molecule has 0 aliphatic carbocycles. The first-order valence-corrected chi connectivity index (χ1v) is 34.1. The lowest BCUT2D eigenvalue weighted by Crippen LogP contribution is -2.52. The topological polar surface area (TPSA) is 449 Å². The Labute approximate surface area is 570 Å². The third kappa shape index (κ3) is 32.3. The number of amides is 5. The number of ether oxygens (including phenoxy) is 4. The first-order chi connectivity index (χ1) is 46.9. The number of sulfonamides is 1. The maximum Gasteiger partial charge on any atom is 0.323 e. The maximum atomic E-state index is 13.5. The van der Waals surface area contributed by atoms with E-state index in [1.807, 2.05) is 4.68 Å². The van der Waals surface area contributed by atoms with Gasteiger partial charge >= 0.3 is 23.9 Å². The summed E-state index contributed by atoms with van der Waals surface area (Å²) in [7, 11) is -1.45. The number of imidazole rings is 1. The van der Waals surface area contributed by atoms with Crippen LogP contribution in [0.25, 0.3) is 10.9 Å². The summed E-state index contributed by atoms with van der Waals surface area (Å²) < 4.78 is 53.2. The molecule has 34 nitrogen and oxygen atoms in total. The second-order valence-electron chi connectivity index (χ2n) is 23.0. The second-order valence-corrected chi connectivity index (χ2v) is 24.7. The van der Waals surface area contributed by atoms with Crippen LogP contribution in [0.3, 0.4) is 0 Å². The van der Waals surface area contributed by atoms with Crippen LogP contribution in [0, 0.1) is 13.8 Å². The fourth-order valence-electron chi connectivity index (χ4n) is 10.1. The lowest BCUT2D eigenvalue weighted by atomic mass is 10.1. The number of nitrogens with one attached hydrogen (secondary N) is 8. The van der Waals surface area contributed by atoms with E-state index in [4.69, 9.17) is 18.9 Å². The molecule has 1 unspecified atom stereocenters. The number of rotatable bonds is 43. The number of fused-ring (bicyclic) bond motifs is 1. The number of hydrogen-bond acceptors (Lipinski definition) is 22. The maximum absolute atomic E-state index is 13.5. The summed E-state index contributed by atoms with van der Waals surface area (Å²) in [4.78, 5) is 122. The molecule has 0 bridgehead atoms. The molecule has 2 aromatic heterocycles. The summed E-state index contributed by atoms with van der Waals surface area (Å²) in [5.41, 5.74) is 1.77. The fraction of sp³-hybridized carbons (Fsp3) is 0.603. The number of carbonyl (C=O) groups excluding carboxylic acids is 5. The quantitative estimate of drug-likeness (QED) is 0.0255. The fourth-order valence-corrected chi connectivity index (χ4v) is 11.8. The number of unbranched alkanes of at least 4 members (excludes halogenated alkanes) is 1. The van der Waals surface area contributed by atoms with Crippen molar-refractivity contribution in [2.75, 3.05) is 164 Å². The number of aromatic nitrogens is 4. The predicted octanol–water partition coefficient (Wildman–Crippen LogP) is -0.226. The summed E-state index contributed by atoms with van der Waals surface area (Å²) in [6, 6.07) is 5.52. The van der Waals surface area contributed by atoms with E-state index in [0.717, 1.165) is 36.8 Å². The number of hydrogen-bond donors (Lipinski definition) is 12. The lowest BCUT2D eigenvalue weighted by Gasteiger charge is -2.33. The molecular formula is C63H99N15O19S. The standard InChI is InChI=1S/C40H58N8O10S.C23H41N7O9/c1-4-5-17-55-20-22-57-23-21-56-18-8-13-41-36(49)9-6-19-58-33-24-29(2)37(30(3)25-33)59(53,54)47-34(39(51)52)28-45-38(50)31-10-11-35-32(26-31)27-46-48(35)16-7-12-42-40-43-14-15-44-40;1-24-18(31)4-3-17(23(39)25-2)26-19(32)13-27-5-7-28(14-20(33)34)9-11-30(16-22(37)38)12-10-29(8-6-27)15-21(35)36/h10-11,14-15,24-27,34,47H,4-9,12-13,16-23,28H2,1-3H3,(H,41,49)(H,45,50)(H,51,52)(H2,42,43,44);17H,3-16H2,1-2H3,(H,24,31)(H,25,39)(H,26,32)(H,33,34)(H,35,36)(H,37,38)/t;17-/m.1/s1. The summed E-state index contributed by atoms with van der Waals surface area (Å²) in [5, 5.41) is 59.0. The Morgan fingerprint density at radius 3 is 1.73 bits per heavy atom. The average Bonchev–Trinajstić information content (AvgIpc) is 0.916. The van der Waals surface area contributed by atoms with Gasteiger partial charge in [-0.15, -0.1) is 0 Å². The molecule has 2 aromatic carbocycles. The minimum Gasteiger partial charge on any atom is -0.494 e. The molecule has 1 aliphatic rings. The van der Waals surface area contributed by atoms with Crippen molar-refractivity contribution in [2.45, 2.75) is 95.7 Å². The number of carboxylic acid groups (broad SMARTS) is 4. The molecule has 1 fully saturated rings. The Kier molecular flexibility index (Phi) is 37.8. The molecule has 546 valence electrons. The first-order valence-electron chi connectivity index (χ1n) is 32.6. The summed E-state index contributed by atoms with van der Waals surface area (Å²) >= 11 is 0. The van der Waals surface area contributed by atoms with Gasteiger partial charge in [-0.2, -0.15) is 9.82 Å². The number of aryl methyl sites for hydroxylation is 3. The molecule has 4 aromatic rings. The smallest absolute Gasteiger partial charge is 0.323 e. The van der Waals surface area contributed by atoms with Crippen LogP contribution in [0.5, 0.6) is 5.75 Å². The highest BCUT2D eigenvalue weighted by Crippen LogP contribution is 2.26. The third-order valence-corrected chi connectivity index (χ3v) is 17.0. The number of anilines is 1. The largest absolute Gasteiger partial charge is 0.494 e. The van der Waals surface area contributed by atoms with Gasteiger partial charge in [0.1, 0.15) is 17.8 Å².